The molecule has 1 aliphatic rings. The third kappa shape index (κ3) is 3.56. The summed E-state index contributed by atoms with van der Waals surface area (Å²) in [6.45, 7) is 0.551. The highest BCUT2D eigenvalue weighted by atomic mass is 32.2. The zero-order valence-electron chi connectivity index (χ0n) is 11.6. The first-order valence-corrected chi connectivity index (χ1v) is 7.99. The van der Waals surface area contributed by atoms with Crippen LogP contribution in [0.4, 0.5) is 13.2 Å². The zero-order valence-corrected chi connectivity index (χ0v) is 12.4. The second-order valence-corrected chi connectivity index (χ2v) is 7.06. The molecule has 8 heteroatoms. The van der Waals surface area contributed by atoms with Crippen LogP contribution in [0.3, 0.4) is 0 Å². The van der Waals surface area contributed by atoms with Crippen LogP contribution >= 0.6 is 0 Å². The number of rotatable bonds is 4. The minimum Gasteiger partial charge on any atom is -0.195 e. The van der Waals surface area contributed by atoms with E-state index in [1.54, 1.807) is 0 Å². The Kier molecular flexibility index (Phi) is 4.60. The minimum atomic E-state index is -4.49. The van der Waals surface area contributed by atoms with Crippen LogP contribution < -0.4 is 0 Å². The molecular formula is C13H17F3N2O2S. The van der Waals surface area contributed by atoms with Crippen LogP contribution in [0.2, 0.25) is 0 Å². The summed E-state index contributed by atoms with van der Waals surface area (Å²) < 4.78 is 65.6. The molecule has 21 heavy (non-hydrogen) atoms. The van der Waals surface area contributed by atoms with Gasteiger partial charge in [-0.2, -0.15) is 30.2 Å². The second-order valence-electron chi connectivity index (χ2n) is 5.02. The summed E-state index contributed by atoms with van der Waals surface area (Å²) in [6, 6.07) is 5.03. The highest BCUT2D eigenvalue weighted by molar-refractivity contribution is 7.86. The number of benzene rings is 1. The maximum atomic E-state index is 12.9. The molecule has 0 radical (unpaired) electrons. The highest BCUT2D eigenvalue weighted by Gasteiger charge is 2.35. The average Bonchev–Trinajstić information content (AvgIpc) is 2.92. The molecule has 0 amide bonds. The van der Waals surface area contributed by atoms with Gasteiger partial charge in [0.15, 0.2) is 0 Å². The van der Waals surface area contributed by atoms with E-state index in [0.29, 0.717) is 13.1 Å². The van der Waals surface area contributed by atoms with Gasteiger partial charge in [0.1, 0.15) is 0 Å². The molecule has 0 unspecified atom stereocenters. The number of nitrogens with zero attached hydrogens (tertiary/aromatic N) is 2. The van der Waals surface area contributed by atoms with Crippen molar-refractivity contribution in [2.24, 2.45) is 0 Å². The van der Waals surface area contributed by atoms with E-state index < -0.39 is 21.9 Å². The molecule has 0 bridgehead atoms. The van der Waals surface area contributed by atoms with E-state index in [9.17, 15) is 21.6 Å². The van der Waals surface area contributed by atoms with E-state index in [1.165, 1.54) is 29.6 Å². The number of hydrogen-bond donors (Lipinski definition) is 0. The van der Waals surface area contributed by atoms with Gasteiger partial charge in [0.2, 0.25) is 0 Å². The van der Waals surface area contributed by atoms with Gasteiger partial charge in [0.25, 0.3) is 10.2 Å². The first kappa shape index (κ1) is 16.3. The van der Waals surface area contributed by atoms with Gasteiger partial charge < -0.3 is 0 Å². The van der Waals surface area contributed by atoms with Crippen molar-refractivity contribution in [3.63, 3.8) is 0 Å². The number of halogens is 3. The largest absolute Gasteiger partial charge is 0.416 e. The maximum absolute atomic E-state index is 12.9. The van der Waals surface area contributed by atoms with Crippen molar-refractivity contribution in [1.82, 2.24) is 8.61 Å². The number of hydrogen-bond acceptors (Lipinski definition) is 2. The smallest absolute Gasteiger partial charge is 0.195 e. The van der Waals surface area contributed by atoms with Crippen molar-refractivity contribution in [3.05, 3.63) is 35.4 Å². The van der Waals surface area contributed by atoms with Crippen LogP contribution in [0.15, 0.2) is 24.3 Å². The lowest BCUT2D eigenvalue weighted by molar-refractivity contribution is -0.138. The molecule has 0 spiro atoms. The van der Waals surface area contributed by atoms with Crippen molar-refractivity contribution in [1.29, 1.82) is 0 Å². The lowest BCUT2D eigenvalue weighted by Crippen LogP contribution is -2.40. The summed E-state index contributed by atoms with van der Waals surface area (Å²) in [4.78, 5) is 0. The molecule has 1 fully saturated rings. The molecule has 118 valence electrons. The first-order valence-electron chi connectivity index (χ1n) is 6.59. The van der Waals surface area contributed by atoms with Crippen LogP contribution in [0, 0.1) is 0 Å². The fourth-order valence-corrected chi connectivity index (χ4v) is 3.79. The zero-order chi connectivity index (χ0) is 15.7. The SMILES string of the molecule is CN(Cc1ccccc1C(F)(F)F)S(=O)(=O)N1CCCC1. The van der Waals surface area contributed by atoms with Crippen molar-refractivity contribution >= 4 is 10.2 Å². The molecule has 0 N–H and O–H groups in total. The Bertz CT molecular complexity index is 596. The Morgan fingerprint density at radius 2 is 1.76 bits per heavy atom. The van der Waals surface area contributed by atoms with Crippen molar-refractivity contribution in [3.8, 4) is 0 Å². The van der Waals surface area contributed by atoms with Crippen molar-refractivity contribution < 1.29 is 21.6 Å². The van der Waals surface area contributed by atoms with E-state index in [0.717, 1.165) is 23.2 Å². The van der Waals surface area contributed by atoms with Crippen LogP contribution in [0.5, 0.6) is 0 Å². The van der Waals surface area contributed by atoms with E-state index in [1.807, 2.05) is 0 Å². The van der Waals surface area contributed by atoms with E-state index in [2.05, 4.69) is 0 Å². The molecule has 0 aliphatic carbocycles. The summed E-state index contributed by atoms with van der Waals surface area (Å²) in [5.74, 6) is 0. The predicted molar refractivity (Wildman–Crippen MR) is 72.6 cm³/mol. The minimum absolute atomic E-state index is 0.0460. The van der Waals surface area contributed by atoms with Crippen LogP contribution in [0.1, 0.15) is 24.0 Å². The molecular weight excluding hydrogens is 305 g/mol. The molecule has 1 aliphatic heterocycles. The molecule has 4 nitrogen and oxygen atoms in total. The van der Waals surface area contributed by atoms with Gasteiger partial charge in [-0.15, -0.1) is 0 Å². The average molecular weight is 322 g/mol. The predicted octanol–water partition coefficient (Wildman–Crippen LogP) is 2.48. The molecule has 1 saturated heterocycles. The third-order valence-electron chi connectivity index (χ3n) is 3.50. The van der Waals surface area contributed by atoms with Gasteiger partial charge >= 0.3 is 6.18 Å². The standard InChI is InChI=1S/C13H17F3N2O2S/c1-17(21(19,20)18-8-4-5-9-18)10-11-6-2-3-7-12(11)13(14,15)16/h2-3,6-7H,4-5,8-10H2,1H3. The molecule has 1 aromatic rings. The monoisotopic (exact) mass is 322 g/mol. The Hall–Kier alpha value is -1.12. The van der Waals surface area contributed by atoms with Gasteiger partial charge in [-0.05, 0) is 24.5 Å². The topological polar surface area (TPSA) is 40.6 Å². The van der Waals surface area contributed by atoms with Crippen molar-refractivity contribution in [2.75, 3.05) is 20.1 Å². The van der Waals surface area contributed by atoms with Crippen molar-refractivity contribution in [2.45, 2.75) is 25.6 Å². The van der Waals surface area contributed by atoms with Crippen LogP contribution in [0.25, 0.3) is 0 Å². The lowest BCUT2D eigenvalue weighted by Gasteiger charge is -2.24. The summed E-state index contributed by atoms with van der Waals surface area (Å²) in [7, 11) is -2.39. The molecule has 0 aromatic heterocycles. The van der Waals surface area contributed by atoms with Gasteiger partial charge in [-0.1, -0.05) is 18.2 Å². The molecule has 0 atom stereocenters. The van der Waals surface area contributed by atoms with Gasteiger partial charge in [-0.25, -0.2) is 0 Å². The summed E-state index contributed by atoms with van der Waals surface area (Å²) >= 11 is 0. The van der Waals surface area contributed by atoms with Gasteiger partial charge in [-0.3, -0.25) is 0 Å². The molecule has 2 rings (SSSR count). The van der Waals surface area contributed by atoms with Crippen LogP contribution in [-0.4, -0.2) is 37.2 Å². The third-order valence-corrected chi connectivity index (χ3v) is 5.44. The molecule has 1 aromatic carbocycles. The van der Waals surface area contributed by atoms with Gasteiger partial charge in [0.05, 0.1) is 5.56 Å². The van der Waals surface area contributed by atoms with Gasteiger partial charge in [0, 0.05) is 26.7 Å². The maximum Gasteiger partial charge on any atom is 0.416 e. The Balaban J connectivity index is 2.22. The number of alkyl halides is 3. The fourth-order valence-electron chi connectivity index (χ4n) is 2.37. The van der Waals surface area contributed by atoms with Crippen LogP contribution in [-0.2, 0) is 22.9 Å². The van der Waals surface area contributed by atoms with E-state index in [-0.39, 0.29) is 12.1 Å². The Morgan fingerprint density at radius 3 is 2.33 bits per heavy atom. The first-order chi connectivity index (χ1) is 9.73. The molecule has 0 saturated carbocycles. The normalized spacial score (nSPS) is 17.6. The fraction of sp³-hybridized carbons (Fsp3) is 0.538. The quantitative estimate of drug-likeness (QED) is 0.854. The summed E-state index contributed by atoms with van der Waals surface area (Å²) in [5, 5.41) is 0. The molecule has 1 heterocycles. The van der Waals surface area contributed by atoms with E-state index in [4.69, 9.17) is 0 Å². The summed E-state index contributed by atoms with van der Waals surface area (Å²) in [5.41, 5.74) is -0.844. The summed E-state index contributed by atoms with van der Waals surface area (Å²) in [6.07, 6.45) is -2.92. The lowest BCUT2D eigenvalue weighted by atomic mass is 10.1. The second kappa shape index (κ2) is 5.94. The van der Waals surface area contributed by atoms with E-state index >= 15 is 0 Å². The highest BCUT2D eigenvalue weighted by Crippen LogP contribution is 2.32. The Morgan fingerprint density at radius 1 is 1.19 bits per heavy atom. The Labute approximate surface area is 122 Å².